The lowest BCUT2D eigenvalue weighted by atomic mass is 10.1. The third-order valence-electron chi connectivity index (χ3n) is 3.87. The Bertz CT molecular complexity index is 849. The minimum Gasteiger partial charge on any atom is -0.465 e. The fourth-order valence-electron chi connectivity index (χ4n) is 2.34. The number of carbonyl (C=O) groups excluding carboxylic acids is 4. The van der Waals surface area contributed by atoms with Gasteiger partial charge in [0, 0.05) is 6.54 Å². The zero-order valence-corrected chi connectivity index (χ0v) is 16.0. The number of methoxy groups -OCH3 is 1. The van der Waals surface area contributed by atoms with Gasteiger partial charge >= 0.3 is 11.9 Å². The predicted octanol–water partition coefficient (Wildman–Crippen LogP) is 0.992. The third-order valence-corrected chi connectivity index (χ3v) is 3.87. The van der Waals surface area contributed by atoms with Gasteiger partial charge in [0.05, 0.1) is 19.1 Å². The number of nitrogens with one attached hydrogen (secondary N) is 2. The van der Waals surface area contributed by atoms with Gasteiger partial charge in [-0.25, -0.2) is 4.79 Å². The van der Waals surface area contributed by atoms with Gasteiger partial charge in [0.2, 0.25) is 5.91 Å². The minimum atomic E-state index is -0.705. The first-order valence-corrected chi connectivity index (χ1v) is 8.88. The minimum absolute atomic E-state index is 0.156. The average Bonchev–Trinajstić information content (AvgIpc) is 2.75. The topological polar surface area (TPSA) is 111 Å². The van der Waals surface area contributed by atoms with Crippen LogP contribution in [-0.4, -0.2) is 44.0 Å². The van der Waals surface area contributed by atoms with Crippen LogP contribution >= 0.6 is 0 Å². The molecular weight excluding hydrogens is 376 g/mol. The van der Waals surface area contributed by atoms with Crippen molar-refractivity contribution in [3.63, 3.8) is 0 Å². The number of esters is 2. The first-order chi connectivity index (χ1) is 14.0. The van der Waals surface area contributed by atoms with E-state index in [9.17, 15) is 19.2 Å². The highest BCUT2D eigenvalue weighted by Gasteiger charge is 2.10. The summed E-state index contributed by atoms with van der Waals surface area (Å²) in [5.74, 6) is -1.94. The molecular formula is C21H22N2O6. The zero-order valence-electron chi connectivity index (χ0n) is 16.0. The summed E-state index contributed by atoms with van der Waals surface area (Å²) in [6.45, 7) is -0.548. The van der Waals surface area contributed by atoms with E-state index in [1.54, 1.807) is 24.3 Å². The molecule has 2 N–H and O–H groups in total. The van der Waals surface area contributed by atoms with Crippen molar-refractivity contribution in [3.8, 4) is 0 Å². The lowest BCUT2D eigenvalue weighted by Crippen LogP contribution is -2.34. The van der Waals surface area contributed by atoms with Crippen LogP contribution in [0.3, 0.4) is 0 Å². The van der Waals surface area contributed by atoms with E-state index in [-0.39, 0.29) is 25.4 Å². The van der Waals surface area contributed by atoms with Crippen molar-refractivity contribution < 1.29 is 28.7 Å². The molecule has 29 heavy (non-hydrogen) atoms. The zero-order chi connectivity index (χ0) is 21.1. The van der Waals surface area contributed by atoms with E-state index in [2.05, 4.69) is 15.4 Å². The van der Waals surface area contributed by atoms with Gasteiger partial charge in [-0.2, -0.15) is 0 Å². The Balaban J connectivity index is 1.63. The van der Waals surface area contributed by atoms with Crippen molar-refractivity contribution in [2.75, 3.05) is 20.3 Å². The normalized spacial score (nSPS) is 9.97. The molecule has 0 atom stereocenters. The summed E-state index contributed by atoms with van der Waals surface area (Å²) in [6.07, 6.45) is 0.156. The van der Waals surface area contributed by atoms with Gasteiger partial charge in [0.15, 0.2) is 6.61 Å². The van der Waals surface area contributed by atoms with Crippen LogP contribution in [0.25, 0.3) is 0 Å². The van der Waals surface area contributed by atoms with Gasteiger partial charge in [-0.15, -0.1) is 0 Å². The van der Waals surface area contributed by atoms with Crippen molar-refractivity contribution in [1.29, 1.82) is 0 Å². The Labute approximate surface area is 168 Å². The second-order valence-corrected chi connectivity index (χ2v) is 6.07. The number of ether oxygens (including phenoxy) is 2. The summed E-state index contributed by atoms with van der Waals surface area (Å²) < 4.78 is 9.44. The van der Waals surface area contributed by atoms with Crippen LogP contribution in [0.1, 0.15) is 21.5 Å². The molecule has 0 fully saturated rings. The molecule has 8 heteroatoms. The molecule has 0 aromatic heterocycles. The Morgan fingerprint density at radius 1 is 0.828 bits per heavy atom. The van der Waals surface area contributed by atoms with Crippen molar-refractivity contribution in [3.05, 3.63) is 71.3 Å². The summed E-state index contributed by atoms with van der Waals surface area (Å²) in [5, 5.41) is 5.04. The molecule has 8 nitrogen and oxygen atoms in total. The number of carbonyl (C=O) groups is 4. The predicted molar refractivity (Wildman–Crippen MR) is 104 cm³/mol. The van der Waals surface area contributed by atoms with Gasteiger partial charge < -0.3 is 20.1 Å². The molecule has 0 radical (unpaired) electrons. The van der Waals surface area contributed by atoms with E-state index >= 15 is 0 Å². The van der Waals surface area contributed by atoms with Crippen LogP contribution in [0.4, 0.5) is 0 Å². The van der Waals surface area contributed by atoms with Crippen molar-refractivity contribution in [2.45, 2.75) is 13.0 Å². The van der Waals surface area contributed by atoms with Gasteiger partial charge in [-0.3, -0.25) is 14.4 Å². The molecule has 0 aliphatic rings. The fourth-order valence-corrected chi connectivity index (χ4v) is 2.34. The lowest BCUT2D eigenvalue weighted by Gasteiger charge is -2.08. The molecule has 0 bridgehead atoms. The number of rotatable bonds is 9. The van der Waals surface area contributed by atoms with Crippen LogP contribution in [0.5, 0.6) is 0 Å². The molecule has 2 aromatic carbocycles. The molecule has 0 spiro atoms. The Morgan fingerprint density at radius 3 is 2.17 bits per heavy atom. The summed E-state index contributed by atoms with van der Waals surface area (Å²) in [5.41, 5.74) is 2.01. The summed E-state index contributed by atoms with van der Waals surface area (Å²) in [4.78, 5) is 46.6. The summed E-state index contributed by atoms with van der Waals surface area (Å²) >= 11 is 0. The first kappa shape index (κ1) is 21.6. The summed E-state index contributed by atoms with van der Waals surface area (Å²) in [6, 6.07) is 15.7. The van der Waals surface area contributed by atoms with Crippen molar-refractivity contribution in [1.82, 2.24) is 10.6 Å². The Morgan fingerprint density at radius 2 is 1.52 bits per heavy atom. The molecule has 2 amide bonds. The van der Waals surface area contributed by atoms with Crippen LogP contribution in [0.2, 0.25) is 0 Å². The molecule has 0 aliphatic carbocycles. The molecule has 0 heterocycles. The maximum Gasteiger partial charge on any atom is 0.337 e. The Hall–Kier alpha value is -3.68. The van der Waals surface area contributed by atoms with Crippen LogP contribution < -0.4 is 10.6 Å². The van der Waals surface area contributed by atoms with Crippen LogP contribution in [0, 0.1) is 0 Å². The molecule has 0 aliphatic heterocycles. The summed E-state index contributed by atoms with van der Waals surface area (Å²) in [7, 11) is 1.30. The second-order valence-electron chi connectivity index (χ2n) is 6.07. The standard InChI is InChI=1S/C21H22N2O6/c1-28-21(27)17-9-7-16(8-10-17)12-22-19(25)14-29-20(26)13-23-18(24)11-15-5-3-2-4-6-15/h2-10H,11-14H2,1H3,(H,22,25)(H,23,24). The SMILES string of the molecule is COC(=O)c1ccc(CNC(=O)COC(=O)CNC(=O)Cc2ccccc2)cc1. The highest BCUT2D eigenvalue weighted by atomic mass is 16.5. The van der Waals surface area contributed by atoms with Crippen molar-refractivity contribution in [2.24, 2.45) is 0 Å². The largest absolute Gasteiger partial charge is 0.465 e. The number of hydrogen-bond acceptors (Lipinski definition) is 6. The van der Waals surface area contributed by atoms with E-state index in [4.69, 9.17) is 4.74 Å². The molecule has 0 unspecified atom stereocenters. The highest BCUT2D eigenvalue weighted by Crippen LogP contribution is 2.05. The highest BCUT2D eigenvalue weighted by molar-refractivity contribution is 5.89. The average molecular weight is 398 g/mol. The van der Waals surface area contributed by atoms with Crippen LogP contribution in [0.15, 0.2) is 54.6 Å². The number of benzene rings is 2. The van der Waals surface area contributed by atoms with Gasteiger partial charge in [0.25, 0.3) is 5.91 Å². The quantitative estimate of drug-likeness (QED) is 0.610. The van der Waals surface area contributed by atoms with E-state index in [0.29, 0.717) is 5.56 Å². The number of amides is 2. The second kappa shape index (κ2) is 11.2. The molecule has 152 valence electrons. The van der Waals surface area contributed by atoms with Crippen molar-refractivity contribution >= 4 is 23.8 Å². The van der Waals surface area contributed by atoms with E-state index in [1.165, 1.54) is 7.11 Å². The molecule has 0 saturated carbocycles. The fraction of sp³-hybridized carbons (Fsp3) is 0.238. The monoisotopic (exact) mass is 398 g/mol. The van der Waals surface area contributed by atoms with Gasteiger partial charge in [0.1, 0.15) is 6.54 Å². The third kappa shape index (κ3) is 7.84. The molecule has 2 aromatic rings. The van der Waals surface area contributed by atoms with Gasteiger partial charge in [-0.05, 0) is 23.3 Å². The van der Waals surface area contributed by atoms with Crippen LogP contribution in [-0.2, 0) is 36.8 Å². The smallest absolute Gasteiger partial charge is 0.337 e. The molecule has 0 saturated heterocycles. The maximum absolute atomic E-state index is 11.8. The maximum atomic E-state index is 11.8. The Kier molecular flexibility index (Phi) is 8.37. The van der Waals surface area contributed by atoms with E-state index in [0.717, 1.165) is 11.1 Å². The van der Waals surface area contributed by atoms with E-state index < -0.39 is 24.5 Å². The van der Waals surface area contributed by atoms with E-state index in [1.807, 2.05) is 30.3 Å². The number of hydrogen-bond donors (Lipinski definition) is 2. The van der Waals surface area contributed by atoms with Gasteiger partial charge in [-0.1, -0.05) is 42.5 Å². The lowest BCUT2D eigenvalue weighted by molar-refractivity contribution is -0.148. The molecule has 2 rings (SSSR count). The first-order valence-electron chi connectivity index (χ1n) is 8.88.